The number of nitrogens with zero attached hydrogens (tertiary/aromatic N) is 2. The van der Waals surface area contributed by atoms with E-state index in [4.69, 9.17) is 5.73 Å². The molecule has 5 nitrogen and oxygen atoms in total. The molecule has 5 heteroatoms. The quantitative estimate of drug-likeness (QED) is 0.910. The molecule has 122 valence electrons. The summed E-state index contributed by atoms with van der Waals surface area (Å²) in [6, 6.07) is 6.40. The van der Waals surface area contributed by atoms with E-state index in [2.05, 4.69) is 23.0 Å². The number of imidazole rings is 1. The summed E-state index contributed by atoms with van der Waals surface area (Å²) >= 11 is 0. The highest BCUT2D eigenvalue weighted by atomic mass is 16.2. The van der Waals surface area contributed by atoms with Crippen molar-refractivity contribution < 1.29 is 4.79 Å². The SMILES string of the molecule is Cc1cccc2[nH]c(CCC(=O)N3CC4CCC(N)C4C3)nc12. The van der Waals surface area contributed by atoms with Crippen LogP contribution in [0.2, 0.25) is 0 Å². The Balaban J connectivity index is 1.39. The monoisotopic (exact) mass is 312 g/mol. The third-order valence-corrected chi connectivity index (χ3v) is 5.60. The minimum atomic E-state index is 0.240. The molecule has 1 aromatic carbocycles. The highest BCUT2D eigenvalue weighted by molar-refractivity contribution is 5.79. The molecule has 2 aliphatic rings. The van der Waals surface area contributed by atoms with Crippen LogP contribution < -0.4 is 5.73 Å². The molecule has 0 bridgehead atoms. The summed E-state index contributed by atoms with van der Waals surface area (Å²) in [5, 5.41) is 0. The van der Waals surface area contributed by atoms with Crippen LogP contribution in [-0.4, -0.2) is 39.9 Å². The number of benzene rings is 1. The first-order chi connectivity index (χ1) is 11.1. The maximum absolute atomic E-state index is 12.5. The molecule has 1 saturated carbocycles. The summed E-state index contributed by atoms with van der Waals surface area (Å²) in [5.74, 6) is 2.29. The number of hydrogen-bond acceptors (Lipinski definition) is 3. The first-order valence-corrected chi connectivity index (χ1v) is 8.59. The number of carbonyl (C=O) groups excluding carboxylic acids is 1. The third kappa shape index (κ3) is 2.63. The Labute approximate surface area is 136 Å². The molecule has 0 spiro atoms. The molecule has 4 rings (SSSR count). The van der Waals surface area contributed by atoms with Crippen molar-refractivity contribution in [2.75, 3.05) is 13.1 Å². The molecular weight excluding hydrogens is 288 g/mol. The van der Waals surface area contributed by atoms with Gasteiger partial charge in [-0.2, -0.15) is 0 Å². The highest BCUT2D eigenvalue weighted by Gasteiger charge is 2.42. The zero-order valence-corrected chi connectivity index (χ0v) is 13.6. The smallest absolute Gasteiger partial charge is 0.223 e. The van der Waals surface area contributed by atoms with Gasteiger partial charge in [0.1, 0.15) is 5.82 Å². The molecule has 1 aliphatic heterocycles. The number of rotatable bonds is 3. The second kappa shape index (κ2) is 5.64. The molecule has 3 atom stereocenters. The Morgan fingerprint density at radius 3 is 3.04 bits per heavy atom. The van der Waals surface area contributed by atoms with Gasteiger partial charge in [0.25, 0.3) is 0 Å². The van der Waals surface area contributed by atoms with Gasteiger partial charge >= 0.3 is 0 Å². The van der Waals surface area contributed by atoms with Crippen molar-refractivity contribution in [1.29, 1.82) is 0 Å². The van der Waals surface area contributed by atoms with Crippen molar-refractivity contribution in [3.05, 3.63) is 29.6 Å². The first-order valence-electron chi connectivity index (χ1n) is 8.59. The number of aromatic nitrogens is 2. The first kappa shape index (κ1) is 14.7. The van der Waals surface area contributed by atoms with Gasteiger partial charge in [-0.3, -0.25) is 4.79 Å². The van der Waals surface area contributed by atoms with E-state index in [0.29, 0.717) is 24.7 Å². The lowest BCUT2D eigenvalue weighted by atomic mass is 9.98. The maximum atomic E-state index is 12.5. The summed E-state index contributed by atoms with van der Waals surface area (Å²) in [6.45, 7) is 3.81. The van der Waals surface area contributed by atoms with Crippen LogP contribution in [0.15, 0.2) is 18.2 Å². The summed E-state index contributed by atoms with van der Waals surface area (Å²) in [7, 11) is 0. The molecule has 2 fully saturated rings. The van der Waals surface area contributed by atoms with Crippen LogP contribution >= 0.6 is 0 Å². The van der Waals surface area contributed by atoms with Crippen LogP contribution in [0.5, 0.6) is 0 Å². The molecular formula is C18H24N4O. The molecule has 1 amide bonds. The van der Waals surface area contributed by atoms with Gasteiger partial charge in [0.15, 0.2) is 0 Å². The number of hydrogen-bond donors (Lipinski definition) is 2. The zero-order chi connectivity index (χ0) is 16.0. The summed E-state index contributed by atoms with van der Waals surface area (Å²) in [4.78, 5) is 22.5. The minimum Gasteiger partial charge on any atom is -0.342 e. The van der Waals surface area contributed by atoms with Crippen molar-refractivity contribution >= 4 is 16.9 Å². The van der Waals surface area contributed by atoms with Gasteiger partial charge in [-0.1, -0.05) is 12.1 Å². The Bertz CT molecular complexity index is 738. The van der Waals surface area contributed by atoms with E-state index in [1.54, 1.807) is 0 Å². The molecule has 1 aromatic heterocycles. The van der Waals surface area contributed by atoms with Crippen LogP contribution in [-0.2, 0) is 11.2 Å². The Morgan fingerprint density at radius 1 is 1.39 bits per heavy atom. The molecule has 2 heterocycles. The standard InChI is InChI=1S/C18H24N4O/c1-11-3-2-4-15-18(11)21-16(20-15)7-8-17(23)22-9-12-5-6-14(19)13(12)10-22/h2-4,12-14H,5-10,19H2,1H3,(H,20,21). The highest BCUT2D eigenvalue weighted by Crippen LogP contribution is 2.37. The van der Waals surface area contributed by atoms with Crippen molar-refractivity contribution in [3.63, 3.8) is 0 Å². The molecule has 0 radical (unpaired) electrons. The van der Waals surface area contributed by atoms with Crippen LogP contribution in [0.25, 0.3) is 11.0 Å². The Morgan fingerprint density at radius 2 is 2.26 bits per heavy atom. The topological polar surface area (TPSA) is 75.0 Å². The van der Waals surface area contributed by atoms with Crippen LogP contribution in [0.3, 0.4) is 0 Å². The van der Waals surface area contributed by atoms with Gasteiger partial charge < -0.3 is 15.6 Å². The van der Waals surface area contributed by atoms with E-state index in [9.17, 15) is 4.79 Å². The average Bonchev–Trinajstić information content (AvgIpc) is 3.21. The van der Waals surface area contributed by atoms with Gasteiger partial charge in [0, 0.05) is 32.0 Å². The lowest BCUT2D eigenvalue weighted by molar-refractivity contribution is -0.130. The number of nitrogens with one attached hydrogen (secondary N) is 1. The number of amides is 1. The van der Waals surface area contributed by atoms with Gasteiger partial charge in [-0.25, -0.2) is 4.98 Å². The van der Waals surface area contributed by atoms with Crippen molar-refractivity contribution in [2.24, 2.45) is 17.6 Å². The number of carbonyl (C=O) groups is 1. The van der Waals surface area contributed by atoms with E-state index in [-0.39, 0.29) is 11.9 Å². The number of H-pyrrole nitrogens is 1. The van der Waals surface area contributed by atoms with E-state index in [1.165, 1.54) is 6.42 Å². The number of likely N-dealkylation sites (tertiary alicyclic amines) is 1. The predicted octanol–water partition coefficient (Wildman–Crippen LogP) is 2.00. The van der Waals surface area contributed by atoms with Crippen molar-refractivity contribution in [2.45, 2.75) is 38.6 Å². The number of aromatic amines is 1. The maximum Gasteiger partial charge on any atom is 0.223 e. The zero-order valence-electron chi connectivity index (χ0n) is 13.6. The average molecular weight is 312 g/mol. The van der Waals surface area contributed by atoms with Crippen LogP contribution in [0.4, 0.5) is 0 Å². The van der Waals surface area contributed by atoms with Gasteiger partial charge in [0.2, 0.25) is 5.91 Å². The van der Waals surface area contributed by atoms with Crippen molar-refractivity contribution in [1.82, 2.24) is 14.9 Å². The third-order valence-electron chi connectivity index (χ3n) is 5.60. The summed E-state index contributed by atoms with van der Waals surface area (Å²) in [6.07, 6.45) is 3.49. The molecule has 2 aromatic rings. The number of nitrogens with two attached hydrogens (primary N) is 1. The molecule has 3 N–H and O–H groups in total. The minimum absolute atomic E-state index is 0.240. The fraction of sp³-hybridized carbons (Fsp3) is 0.556. The van der Waals surface area contributed by atoms with Crippen LogP contribution in [0, 0.1) is 18.8 Å². The second-order valence-corrected chi connectivity index (χ2v) is 7.12. The van der Waals surface area contributed by atoms with E-state index < -0.39 is 0 Å². The van der Waals surface area contributed by atoms with Crippen molar-refractivity contribution in [3.8, 4) is 0 Å². The summed E-state index contributed by atoms with van der Waals surface area (Å²) < 4.78 is 0. The Kier molecular flexibility index (Phi) is 3.60. The van der Waals surface area contributed by atoms with E-state index in [0.717, 1.165) is 41.9 Å². The largest absolute Gasteiger partial charge is 0.342 e. The number of fused-ring (bicyclic) bond motifs is 2. The lowest BCUT2D eigenvalue weighted by Gasteiger charge is -2.18. The van der Waals surface area contributed by atoms with E-state index >= 15 is 0 Å². The van der Waals surface area contributed by atoms with Crippen LogP contribution in [0.1, 0.15) is 30.7 Å². The fourth-order valence-corrected chi connectivity index (χ4v) is 4.24. The van der Waals surface area contributed by atoms with E-state index in [1.807, 2.05) is 17.0 Å². The normalized spacial score (nSPS) is 26.9. The molecule has 3 unspecified atom stereocenters. The van der Waals surface area contributed by atoms with Gasteiger partial charge in [-0.05, 0) is 43.2 Å². The second-order valence-electron chi connectivity index (χ2n) is 7.12. The summed E-state index contributed by atoms with van der Waals surface area (Å²) in [5.41, 5.74) is 9.38. The molecule has 1 saturated heterocycles. The lowest BCUT2D eigenvalue weighted by Crippen LogP contribution is -2.33. The van der Waals surface area contributed by atoms with Gasteiger partial charge in [0.05, 0.1) is 11.0 Å². The number of para-hydroxylation sites is 1. The number of aryl methyl sites for hydroxylation is 2. The Hall–Kier alpha value is -1.88. The molecule has 1 aliphatic carbocycles. The fourth-order valence-electron chi connectivity index (χ4n) is 4.24. The molecule has 23 heavy (non-hydrogen) atoms. The van der Waals surface area contributed by atoms with Gasteiger partial charge in [-0.15, -0.1) is 0 Å². The predicted molar refractivity (Wildman–Crippen MR) is 89.9 cm³/mol.